The highest BCUT2D eigenvalue weighted by Gasteiger charge is 2.30. The monoisotopic (exact) mass is 377 g/mol. The van der Waals surface area contributed by atoms with Crippen molar-refractivity contribution in [3.63, 3.8) is 0 Å². The van der Waals surface area contributed by atoms with Gasteiger partial charge in [0, 0.05) is 5.56 Å². The lowest BCUT2D eigenvalue weighted by molar-refractivity contribution is -0.137. The number of hydrogen-bond acceptors (Lipinski definition) is 5. The summed E-state index contributed by atoms with van der Waals surface area (Å²) in [4.78, 5) is 15.9. The summed E-state index contributed by atoms with van der Waals surface area (Å²) in [6.07, 6.45) is -3.01. The normalized spacial score (nSPS) is 11.3. The van der Waals surface area contributed by atoms with Crippen LogP contribution in [-0.2, 0) is 10.9 Å². The Hall–Kier alpha value is -3.36. The molecule has 9 heteroatoms. The van der Waals surface area contributed by atoms with E-state index in [9.17, 15) is 18.0 Å². The van der Waals surface area contributed by atoms with Gasteiger partial charge in [0.1, 0.15) is 17.6 Å². The van der Waals surface area contributed by atoms with Gasteiger partial charge in [-0.3, -0.25) is 0 Å². The fourth-order valence-corrected chi connectivity index (χ4v) is 2.43. The van der Waals surface area contributed by atoms with Gasteiger partial charge in [-0.05, 0) is 42.5 Å². The number of carbonyl (C=O) groups is 1. The molecule has 0 radical (unpaired) electrons. The number of rotatable bonds is 4. The lowest BCUT2D eigenvalue weighted by Gasteiger charge is -2.08. The molecule has 0 bridgehead atoms. The molecule has 0 aliphatic rings. The van der Waals surface area contributed by atoms with Crippen molar-refractivity contribution in [2.75, 3.05) is 14.2 Å². The van der Waals surface area contributed by atoms with Crippen LogP contribution in [0.2, 0.25) is 0 Å². The highest BCUT2D eigenvalue weighted by Crippen LogP contribution is 2.30. The van der Waals surface area contributed by atoms with Gasteiger partial charge in [0.15, 0.2) is 5.82 Å². The summed E-state index contributed by atoms with van der Waals surface area (Å²) in [6.45, 7) is 0. The molecule has 6 nitrogen and oxygen atoms in total. The Labute approximate surface area is 152 Å². The summed E-state index contributed by atoms with van der Waals surface area (Å²) in [5.74, 6) is 0.0801. The van der Waals surface area contributed by atoms with Gasteiger partial charge in [-0.2, -0.15) is 13.2 Å². The van der Waals surface area contributed by atoms with Crippen LogP contribution < -0.4 is 4.74 Å². The first-order valence-electron chi connectivity index (χ1n) is 7.69. The highest BCUT2D eigenvalue weighted by atomic mass is 19.4. The molecule has 0 saturated heterocycles. The molecule has 0 unspecified atom stereocenters. The first kappa shape index (κ1) is 18.4. The summed E-state index contributed by atoms with van der Waals surface area (Å²) in [7, 11) is 2.68. The molecule has 1 aromatic heterocycles. The zero-order valence-corrected chi connectivity index (χ0v) is 14.3. The van der Waals surface area contributed by atoms with E-state index in [1.54, 1.807) is 12.1 Å². The zero-order chi connectivity index (χ0) is 19.6. The number of ether oxygens (including phenoxy) is 2. The molecule has 0 N–H and O–H groups in total. The Morgan fingerprint density at radius 2 is 1.78 bits per heavy atom. The van der Waals surface area contributed by atoms with Crippen LogP contribution >= 0.6 is 0 Å². The van der Waals surface area contributed by atoms with Crippen molar-refractivity contribution in [1.82, 2.24) is 14.8 Å². The van der Waals surface area contributed by atoms with E-state index in [-0.39, 0.29) is 5.56 Å². The Kier molecular flexibility index (Phi) is 4.85. The van der Waals surface area contributed by atoms with Crippen LogP contribution in [-0.4, -0.2) is 35.0 Å². The molecule has 0 spiro atoms. The first-order chi connectivity index (χ1) is 12.8. The molecule has 0 saturated carbocycles. The largest absolute Gasteiger partial charge is 0.496 e. The molecule has 2 aromatic carbocycles. The molecule has 0 fully saturated rings. The number of hydrogen-bond donors (Lipinski definition) is 0. The standard InChI is InChI=1S/C18H14F3N3O3/c1-26-15-9-11(3-8-14(15)17(25)27-2)16-22-10-24(23-16)13-6-4-12(5-7-13)18(19,20)21/h3-10H,1-2H3. The third-order valence-electron chi connectivity index (χ3n) is 3.82. The van der Waals surface area contributed by atoms with Crippen molar-refractivity contribution >= 4 is 5.97 Å². The van der Waals surface area contributed by atoms with Gasteiger partial charge in [0.2, 0.25) is 0 Å². The molecule has 0 aliphatic carbocycles. The van der Waals surface area contributed by atoms with E-state index in [1.807, 2.05) is 0 Å². The number of methoxy groups -OCH3 is 2. The van der Waals surface area contributed by atoms with E-state index in [2.05, 4.69) is 14.8 Å². The van der Waals surface area contributed by atoms with Gasteiger partial charge < -0.3 is 9.47 Å². The second-order valence-electron chi connectivity index (χ2n) is 5.46. The van der Waals surface area contributed by atoms with E-state index < -0.39 is 17.7 Å². The highest BCUT2D eigenvalue weighted by molar-refractivity contribution is 5.93. The second kappa shape index (κ2) is 7.10. The van der Waals surface area contributed by atoms with Crippen molar-refractivity contribution in [3.8, 4) is 22.8 Å². The maximum atomic E-state index is 12.7. The number of alkyl halides is 3. The quantitative estimate of drug-likeness (QED) is 0.648. The molecule has 0 atom stereocenters. The van der Waals surface area contributed by atoms with Crippen molar-refractivity contribution < 1.29 is 27.4 Å². The third-order valence-corrected chi connectivity index (χ3v) is 3.82. The van der Waals surface area contributed by atoms with Crippen molar-refractivity contribution in [2.45, 2.75) is 6.18 Å². The molecular formula is C18H14F3N3O3. The summed E-state index contributed by atoms with van der Waals surface area (Å²) in [6, 6.07) is 9.30. The van der Waals surface area contributed by atoms with Gasteiger partial charge in [-0.1, -0.05) is 0 Å². The van der Waals surface area contributed by atoms with Crippen LogP contribution in [0.1, 0.15) is 15.9 Å². The molecular weight excluding hydrogens is 363 g/mol. The number of benzene rings is 2. The Morgan fingerprint density at radius 3 is 2.37 bits per heavy atom. The lowest BCUT2D eigenvalue weighted by atomic mass is 10.1. The lowest BCUT2D eigenvalue weighted by Crippen LogP contribution is -2.05. The zero-order valence-electron chi connectivity index (χ0n) is 14.3. The number of esters is 1. The predicted molar refractivity (Wildman–Crippen MR) is 89.7 cm³/mol. The van der Waals surface area contributed by atoms with Gasteiger partial charge in [-0.15, -0.1) is 5.10 Å². The molecule has 27 heavy (non-hydrogen) atoms. The second-order valence-corrected chi connectivity index (χ2v) is 5.46. The Morgan fingerprint density at radius 1 is 1.07 bits per heavy atom. The van der Waals surface area contributed by atoms with Gasteiger partial charge in [-0.25, -0.2) is 14.5 Å². The van der Waals surface area contributed by atoms with Crippen molar-refractivity contribution in [2.24, 2.45) is 0 Å². The predicted octanol–water partition coefficient (Wildman–Crippen LogP) is 3.75. The van der Waals surface area contributed by atoms with Crippen LogP contribution in [0, 0.1) is 0 Å². The number of carbonyl (C=O) groups excluding carboxylic acids is 1. The van der Waals surface area contributed by atoms with Crippen molar-refractivity contribution in [1.29, 1.82) is 0 Å². The average Bonchev–Trinajstić information content (AvgIpc) is 3.16. The van der Waals surface area contributed by atoms with Crippen LogP contribution in [0.15, 0.2) is 48.8 Å². The van der Waals surface area contributed by atoms with Crippen LogP contribution in [0.25, 0.3) is 17.1 Å². The summed E-state index contributed by atoms with van der Waals surface area (Å²) < 4.78 is 49.2. The van der Waals surface area contributed by atoms with Gasteiger partial charge >= 0.3 is 12.1 Å². The maximum absolute atomic E-state index is 12.7. The topological polar surface area (TPSA) is 66.2 Å². The smallest absolute Gasteiger partial charge is 0.416 e. The number of halogens is 3. The van der Waals surface area contributed by atoms with Crippen LogP contribution in [0.4, 0.5) is 13.2 Å². The molecule has 1 heterocycles. The van der Waals surface area contributed by atoms with E-state index in [0.29, 0.717) is 22.8 Å². The maximum Gasteiger partial charge on any atom is 0.416 e. The minimum atomic E-state index is -4.40. The summed E-state index contributed by atoms with van der Waals surface area (Å²) in [5.41, 5.74) is 0.519. The average molecular weight is 377 g/mol. The SMILES string of the molecule is COC(=O)c1ccc(-c2ncn(-c3ccc(C(F)(F)F)cc3)n2)cc1OC. The fourth-order valence-electron chi connectivity index (χ4n) is 2.43. The number of nitrogens with zero attached hydrogens (tertiary/aromatic N) is 3. The van der Waals surface area contributed by atoms with E-state index in [1.165, 1.54) is 43.4 Å². The molecule has 3 rings (SSSR count). The van der Waals surface area contributed by atoms with Crippen LogP contribution in [0.5, 0.6) is 5.75 Å². The summed E-state index contributed by atoms with van der Waals surface area (Å²) in [5, 5.41) is 4.27. The first-order valence-corrected chi connectivity index (χ1v) is 7.69. The molecule has 0 amide bonds. The van der Waals surface area contributed by atoms with E-state index >= 15 is 0 Å². The molecule has 3 aromatic rings. The number of aromatic nitrogens is 3. The van der Waals surface area contributed by atoms with Crippen molar-refractivity contribution in [3.05, 3.63) is 59.9 Å². The summed E-state index contributed by atoms with van der Waals surface area (Å²) >= 11 is 0. The minimum absolute atomic E-state index is 0.255. The third kappa shape index (κ3) is 3.76. The fraction of sp³-hybridized carbons (Fsp3) is 0.167. The van der Waals surface area contributed by atoms with Gasteiger partial charge in [0.25, 0.3) is 0 Å². The van der Waals surface area contributed by atoms with E-state index in [0.717, 1.165) is 12.1 Å². The Balaban J connectivity index is 1.91. The van der Waals surface area contributed by atoms with Crippen LogP contribution in [0.3, 0.4) is 0 Å². The molecule has 140 valence electrons. The molecule has 0 aliphatic heterocycles. The Bertz CT molecular complexity index is 966. The van der Waals surface area contributed by atoms with E-state index in [4.69, 9.17) is 4.74 Å². The van der Waals surface area contributed by atoms with Gasteiger partial charge in [0.05, 0.1) is 25.5 Å². The minimum Gasteiger partial charge on any atom is -0.496 e.